The van der Waals surface area contributed by atoms with E-state index in [1.807, 2.05) is 24.5 Å². The topological polar surface area (TPSA) is 51.0 Å². The molecule has 3 aromatic rings. The molecule has 0 aliphatic rings. The van der Waals surface area contributed by atoms with Crippen LogP contribution in [0.2, 0.25) is 0 Å². The molecule has 0 bridgehead atoms. The summed E-state index contributed by atoms with van der Waals surface area (Å²) in [5.41, 5.74) is 2.16. The van der Waals surface area contributed by atoms with Crippen LogP contribution in [-0.2, 0) is 13.1 Å². The second-order valence-electron chi connectivity index (χ2n) is 4.15. The molecule has 3 rings (SSSR count). The molecule has 0 fully saturated rings. The predicted molar refractivity (Wildman–Crippen MR) is 68.8 cm³/mol. The van der Waals surface area contributed by atoms with Gasteiger partial charge in [0.25, 0.3) is 0 Å². The maximum Gasteiger partial charge on any atom is 0.124 e. The normalized spacial score (nSPS) is 10.9. The van der Waals surface area contributed by atoms with Gasteiger partial charge in [-0.3, -0.25) is 4.98 Å². The fourth-order valence-corrected chi connectivity index (χ4v) is 1.91. The van der Waals surface area contributed by atoms with E-state index in [0.29, 0.717) is 6.54 Å². The molecule has 4 heteroatoms. The van der Waals surface area contributed by atoms with Crippen molar-refractivity contribution in [2.75, 3.05) is 0 Å². The Morgan fingerprint density at radius 1 is 1.06 bits per heavy atom. The molecule has 0 unspecified atom stereocenters. The van der Waals surface area contributed by atoms with E-state index in [-0.39, 0.29) is 0 Å². The van der Waals surface area contributed by atoms with Gasteiger partial charge in [-0.05, 0) is 23.1 Å². The van der Waals surface area contributed by atoms with Crippen molar-refractivity contribution in [1.82, 2.24) is 15.5 Å². The van der Waals surface area contributed by atoms with E-state index in [2.05, 4.69) is 33.7 Å². The van der Waals surface area contributed by atoms with Crippen molar-refractivity contribution in [2.24, 2.45) is 0 Å². The Morgan fingerprint density at radius 3 is 2.94 bits per heavy atom. The first-order chi connectivity index (χ1) is 8.92. The first-order valence-electron chi connectivity index (χ1n) is 5.84. The zero-order valence-corrected chi connectivity index (χ0v) is 9.84. The molecule has 0 aliphatic carbocycles. The predicted octanol–water partition coefficient (Wildman–Crippen LogP) is 2.51. The average Bonchev–Trinajstić information content (AvgIpc) is 2.92. The quantitative estimate of drug-likeness (QED) is 0.760. The molecule has 0 spiro atoms. The second-order valence-corrected chi connectivity index (χ2v) is 4.15. The molecular formula is C14H13N3O. The van der Waals surface area contributed by atoms with Gasteiger partial charge in [-0.1, -0.05) is 17.3 Å². The van der Waals surface area contributed by atoms with E-state index in [1.54, 1.807) is 6.26 Å². The largest absolute Gasteiger partial charge is 0.364 e. The van der Waals surface area contributed by atoms with E-state index >= 15 is 0 Å². The van der Waals surface area contributed by atoms with Gasteiger partial charge in [0.15, 0.2) is 0 Å². The second kappa shape index (κ2) is 4.98. The molecule has 0 saturated carbocycles. The van der Waals surface area contributed by atoms with Gasteiger partial charge in [-0.25, -0.2) is 0 Å². The Balaban J connectivity index is 1.67. The molecule has 1 aromatic carbocycles. The van der Waals surface area contributed by atoms with Crippen molar-refractivity contribution in [2.45, 2.75) is 13.1 Å². The fourth-order valence-electron chi connectivity index (χ4n) is 1.91. The van der Waals surface area contributed by atoms with Gasteiger partial charge in [0, 0.05) is 36.9 Å². The van der Waals surface area contributed by atoms with Gasteiger partial charge >= 0.3 is 0 Å². The van der Waals surface area contributed by atoms with Gasteiger partial charge in [0.2, 0.25) is 0 Å². The smallest absolute Gasteiger partial charge is 0.124 e. The molecule has 90 valence electrons. The van der Waals surface area contributed by atoms with Crippen LogP contribution in [0.1, 0.15) is 11.3 Å². The summed E-state index contributed by atoms with van der Waals surface area (Å²) in [4.78, 5) is 4.10. The van der Waals surface area contributed by atoms with E-state index in [9.17, 15) is 0 Å². The summed E-state index contributed by atoms with van der Waals surface area (Å²) in [6, 6.07) is 10.3. The third-order valence-corrected chi connectivity index (χ3v) is 2.83. The van der Waals surface area contributed by atoms with Crippen LogP contribution in [0.4, 0.5) is 0 Å². The Kier molecular flexibility index (Phi) is 3.02. The molecule has 2 heterocycles. The average molecular weight is 239 g/mol. The summed E-state index contributed by atoms with van der Waals surface area (Å²) in [6.45, 7) is 1.52. The van der Waals surface area contributed by atoms with Gasteiger partial charge in [0.1, 0.15) is 6.26 Å². The number of nitrogens with zero attached hydrogens (tertiary/aromatic N) is 2. The van der Waals surface area contributed by atoms with E-state index in [1.165, 1.54) is 10.9 Å². The zero-order valence-electron chi connectivity index (χ0n) is 9.84. The standard InChI is InChI=1S/C14H13N3O/c1-2-13-9-15-5-3-12(13)7-11(1)8-16-10-14-4-6-18-17-14/h1-7,9,16H,8,10H2. The Labute approximate surface area is 105 Å². The number of hydrogen-bond acceptors (Lipinski definition) is 4. The molecule has 0 atom stereocenters. The van der Waals surface area contributed by atoms with Crippen LogP contribution in [0.25, 0.3) is 10.8 Å². The molecular weight excluding hydrogens is 226 g/mol. The molecule has 18 heavy (non-hydrogen) atoms. The maximum atomic E-state index is 4.78. The molecule has 0 radical (unpaired) electrons. The van der Waals surface area contributed by atoms with E-state index in [4.69, 9.17) is 4.52 Å². The number of aromatic nitrogens is 2. The Hall–Kier alpha value is -2.20. The highest BCUT2D eigenvalue weighted by Crippen LogP contribution is 2.14. The summed E-state index contributed by atoms with van der Waals surface area (Å²) < 4.78 is 4.78. The van der Waals surface area contributed by atoms with Crippen molar-refractivity contribution in [1.29, 1.82) is 0 Å². The van der Waals surface area contributed by atoms with Gasteiger partial charge < -0.3 is 9.84 Å². The lowest BCUT2D eigenvalue weighted by atomic mass is 10.1. The Bertz CT molecular complexity index is 634. The molecule has 2 aromatic heterocycles. The number of fused-ring (bicyclic) bond motifs is 1. The van der Waals surface area contributed by atoms with Crippen LogP contribution >= 0.6 is 0 Å². The van der Waals surface area contributed by atoms with Gasteiger partial charge in [-0.2, -0.15) is 0 Å². The van der Waals surface area contributed by atoms with Crippen molar-refractivity contribution in [3.8, 4) is 0 Å². The monoisotopic (exact) mass is 239 g/mol. The number of benzene rings is 1. The zero-order chi connectivity index (χ0) is 12.2. The first-order valence-corrected chi connectivity index (χ1v) is 5.84. The molecule has 0 amide bonds. The van der Waals surface area contributed by atoms with Crippen molar-refractivity contribution in [3.63, 3.8) is 0 Å². The third kappa shape index (κ3) is 2.38. The lowest BCUT2D eigenvalue weighted by Crippen LogP contribution is -2.12. The van der Waals surface area contributed by atoms with Crippen LogP contribution in [-0.4, -0.2) is 10.1 Å². The first kappa shape index (κ1) is 10.9. The molecule has 0 saturated heterocycles. The van der Waals surface area contributed by atoms with E-state index < -0.39 is 0 Å². The summed E-state index contributed by atoms with van der Waals surface area (Å²) in [5.74, 6) is 0. The number of rotatable bonds is 4. The number of nitrogens with one attached hydrogen (secondary N) is 1. The van der Waals surface area contributed by atoms with Crippen molar-refractivity contribution >= 4 is 10.8 Å². The van der Waals surface area contributed by atoms with Gasteiger partial charge in [-0.15, -0.1) is 0 Å². The van der Waals surface area contributed by atoms with E-state index in [0.717, 1.165) is 17.6 Å². The summed E-state index contributed by atoms with van der Waals surface area (Å²) >= 11 is 0. The lowest BCUT2D eigenvalue weighted by Gasteiger charge is -2.04. The van der Waals surface area contributed by atoms with Crippen molar-refractivity contribution < 1.29 is 4.52 Å². The minimum absolute atomic E-state index is 0.713. The van der Waals surface area contributed by atoms with Gasteiger partial charge in [0.05, 0.1) is 5.69 Å². The summed E-state index contributed by atoms with van der Waals surface area (Å²) in [7, 11) is 0. The molecule has 4 nitrogen and oxygen atoms in total. The number of pyridine rings is 1. The maximum absolute atomic E-state index is 4.78. The minimum atomic E-state index is 0.713. The van der Waals surface area contributed by atoms with Crippen molar-refractivity contribution in [3.05, 3.63) is 60.2 Å². The molecule has 0 aliphatic heterocycles. The summed E-state index contributed by atoms with van der Waals surface area (Å²) in [5, 5.41) is 9.56. The lowest BCUT2D eigenvalue weighted by molar-refractivity contribution is 0.408. The van der Waals surface area contributed by atoms with Crippen LogP contribution in [0.3, 0.4) is 0 Å². The summed E-state index contributed by atoms with van der Waals surface area (Å²) in [6.07, 6.45) is 5.27. The third-order valence-electron chi connectivity index (χ3n) is 2.83. The number of hydrogen-bond donors (Lipinski definition) is 1. The van der Waals surface area contributed by atoms with Crippen LogP contribution in [0.5, 0.6) is 0 Å². The highest BCUT2D eigenvalue weighted by Gasteiger charge is 1.98. The fraction of sp³-hybridized carbons (Fsp3) is 0.143. The molecule has 1 N–H and O–H groups in total. The van der Waals surface area contributed by atoms with Crippen LogP contribution < -0.4 is 5.32 Å². The van der Waals surface area contributed by atoms with Crippen LogP contribution in [0, 0.1) is 0 Å². The highest BCUT2D eigenvalue weighted by atomic mass is 16.5. The highest BCUT2D eigenvalue weighted by molar-refractivity contribution is 5.81. The van der Waals surface area contributed by atoms with Crippen LogP contribution in [0.15, 0.2) is 53.5 Å². The minimum Gasteiger partial charge on any atom is -0.364 e. The Morgan fingerprint density at radius 2 is 2.06 bits per heavy atom. The SMILES string of the molecule is c1cc2cc(CNCc3ccon3)ccc2cn1.